The molecule has 0 spiro atoms. The van der Waals surface area contributed by atoms with Crippen LogP contribution in [0.1, 0.15) is 0 Å². The van der Waals surface area contributed by atoms with E-state index >= 15 is 0 Å². The lowest BCUT2D eigenvalue weighted by Crippen LogP contribution is -1.83. The maximum Gasteiger partial charge on any atom is 0.0434 e. The van der Waals surface area contributed by atoms with E-state index in [0.717, 1.165) is 22.4 Å². The summed E-state index contributed by atoms with van der Waals surface area (Å²) in [6.07, 6.45) is 0. The number of halogens is 5. The number of hydrogen-bond donors (Lipinski definition) is 0. The third kappa shape index (κ3) is 15.6. The molecule has 572 valence electrons. The van der Waals surface area contributed by atoms with Gasteiger partial charge in [-0.1, -0.05) is 395 Å². The molecule has 0 atom stereocenters. The van der Waals surface area contributed by atoms with Gasteiger partial charge >= 0.3 is 0 Å². The summed E-state index contributed by atoms with van der Waals surface area (Å²) < 4.78 is 19.2. The summed E-state index contributed by atoms with van der Waals surface area (Å²) in [4.78, 5) is 0. The van der Waals surface area contributed by atoms with E-state index in [1.807, 2.05) is 56.7 Å². The molecule has 120 heavy (non-hydrogen) atoms. The fourth-order valence-electron chi connectivity index (χ4n) is 16.4. The minimum absolute atomic E-state index is 1.11. The molecule has 0 nitrogen and oxygen atoms in total. The predicted molar refractivity (Wildman–Crippen MR) is 548 cm³/mol. The van der Waals surface area contributed by atoms with Gasteiger partial charge in [-0.2, -0.15) is 0 Å². The van der Waals surface area contributed by atoms with Gasteiger partial charge in [0, 0.05) is 129 Å². The van der Waals surface area contributed by atoms with Crippen LogP contribution in [0.15, 0.2) is 429 Å². The van der Waals surface area contributed by atoms with Crippen molar-refractivity contribution in [2.45, 2.75) is 0 Å². The fourth-order valence-corrected chi connectivity index (χ4v) is 24.3. The van der Waals surface area contributed by atoms with E-state index in [2.05, 4.69) is 486 Å². The van der Waals surface area contributed by atoms with E-state index in [1.54, 1.807) is 0 Å². The first-order chi connectivity index (χ1) is 59.0. The molecular formula is C110H67Br5S5. The van der Waals surface area contributed by atoms with Gasteiger partial charge in [0.25, 0.3) is 0 Å². The Kier molecular flexibility index (Phi) is 22.3. The van der Waals surface area contributed by atoms with Gasteiger partial charge in [-0.15, -0.1) is 56.7 Å². The van der Waals surface area contributed by atoms with E-state index < -0.39 is 0 Å². The Morgan fingerprint density at radius 3 is 0.825 bits per heavy atom. The van der Waals surface area contributed by atoms with Crippen LogP contribution in [0, 0.1) is 0 Å². The summed E-state index contributed by atoms with van der Waals surface area (Å²) in [5.41, 5.74) is 17.9. The second-order valence-corrected chi connectivity index (χ2v) is 39.2. The molecule has 0 aliphatic heterocycles. The zero-order chi connectivity index (χ0) is 80.7. The third-order valence-corrected chi connectivity index (χ3v) is 31.0. The number of hydrogen-bond acceptors (Lipinski definition) is 5. The zero-order valence-electron chi connectivity index (χ0n) is 64.1. The van der Waals surface area contributed by atoms with Crippen LogP contribution in [-0.4, -0.2) is 0 Å². The summed E-state index contributed by atoms with van der Waals surface area (Å²) in [5, 5.41) is 18.6. The minimum Gasteiger partial charge on any atom is -0.135 e. The molecule has 24 rings (SSSR count). The Bertz CT molecular complexity index is 7970. The van der Waals surface area contributed by atoms with E-state index in [1.165, 1.54) is 200 Å². The molecule has 0 amide bonds. The van der Waals surface area contributed by atoms with Crippen molar-refractivity contribution in [3.05, 3.63) is 429 Å². The number of fused-ring (bicyclic) bond motifs is 17. The second kappa shape index (κ2) is 34.4. The van der Waals surface area contributed by atoms with Crippen molar-refractivity contribution in [2.24, 2.45) is 0 Å². The topological polar surface area (TPSA) is 0 Å². The molecule has 0 saturated carbocycles. The fraction of sp³-hybridized carbons (Fsp3) is 0. The quantitative estimate of drug-likeness (QED) is 0.149. The Morgan fingerprint density at radius 1 is 0.142 bits per heavy atom. The maximum absolute atomic E-state index is 3.68. The van der Waals surface area contributed by atoms with Crippen LogP contribution in [0.2, 0.25) is 0 Å². The van der Waals surface area contributed by atoms with Crippen molar-refractivity contribution >= 4 is 259 Å². The Balaban J connectivity index is 0.0000000961. The Labute approximate surface area is 757 Å². The first-order valence-electron chi connectivity index (χ1n) is 39.4. The molecule has 0 fully saturated rings. The van der Waals surface area contributed by atoms with E-state index in [0.29, 0.717) is 0 Å². The first-order valence-corrected chi connectivity index (χ1v) is 47.5. The summed E-state index contributed by atoms with van der Waals surface area (Å²) in [7, 11) is 0. The average molecular weight is 1950 g/mol. The molecule has 0 aliphatic carbocycles. The van der Waals surface area contributed by atoms with Gasteiger partial charge in [0.05, 0.1) is 0 Å². The van der Waals surface area contributed by atoms with Crippen LogP contribution in [0.5, 0.6) is 0 Å². The van der Waals surface area contributed by atoms with Crippen LogP contribution in [0.3, 0.4) is 0 Å². The van der Waals surface area contributed by atoms with Gasteiger partial charge in [-0.3, -0.25) is 0 Å². The highest BCUT2D eigenvalue weighted by Gasteiger charge is 2.18. The average Bonchev–Trinajstić information content (AvgIpc) is 1.58. The van der Waals surface area contributed by atoms with Crippen LogP contribution in [0.25, 0.3) is 200 Å². The molecule has 0 unspecified atom stereocenters. The summed E-state index contributed by atoms with van der Waals surface area (Å²) in [6.45, 7) is 0. The van der Waals surface area contributed by atoms with Gasteiger partial charge in [0.1, 0.15) is 0 Å². The number of benzene rings is 19. The standard InChI is InChI=1S/2C24H15BrS.2C22H13BrS.C18H11BrS/c25-19-6-3-5-18(15-19)16-11-13-17(14-12-16)20-8-4-9-22-21-7-1-2-10-23(21)26-24(20)22;25-19-14-12-17(13-15-19)16-8-10-18(11-9-16)20-5-3-6-22-21-4-1-2-7-23(21)26-24(20)22;23-20-13-12-15(14-6-1-2-7-16(14)20)18-9-5-10-19-17-8-3-4-11-21(17)24-22(18)19;23-17-11-10-14-12-16(9-8-15(14)13-17)18-5-3-6-20-19-4-1-2-7-21(19)24-22(18)20;19-13-10-8-12(9-11-13)14-5-3-6-16-15-4-1-2-7-17(15)20-18(14)16/h2*1-15H;2*1-13H;1-11H. The molecule has 5 heterocycles. The van der Waals surface area contributed by atoms with Gasteiger partial charge in [0.15, 0.2) is 0 Å². The van der Waals surface area contributed by atoms with Crippen LogP contribution < -0.4 is 0 Å². The van der Waals surface area contributed by atoms with Gasteiger partial charge < -0.3 is 0 Å². The van der Waals surface area contributed by atoms with E-state index in [-0.39, 0.29) is 0 Å². The predicted octanol–water partition coefficient (Wildman–Crippen LogP) is 38.1. The molecule has 0 aliphatic rings. The molecule has 5 aromatic heterocycles. The number of rotatable bonds is 7. The van der Waals surface area contributed by atoms with Crippen molar-refractivity contribution in [1.29, 1.82) is 0 Å². The summed E-state index contributed by atoms with van der Waals surface area (Å²) >= 11 is 27.2. The lowest BCUT2D eigenvalue weighted by molar-refractivity contribution is 1.59. The normalized spacial score (nSPS) is 11.4. The van der Waals surface area contributed by atoms with Gasteiger partial charge in [0.2, 0.25) is 0 Å². The second-order valence-electron chi connectivity index (χ2n) is 29.4. The highest BCUT2D eigenvalue weighted by Crippen LogP contribution is 2.48. The van der Waals surface area contributed by atoms with Crippen LogP contribution in [0.4, 0.5) is 0 Å². The van der Waals surface area contributed by atoms with Gasteiger partial charge in [-0.05, 0) is 185 Å². The molecule has 10 heteroatoms. The lowest BCUT2D eigenvalue weighted by atomic mass is 9.97. The zero-order valence-corrected chi connectivity index (χ0v) is 76.1. The molecule has 24 aromatic rings. The molecular weight excluding hydrogens is 1880 g/mol. The first kappa shape index (κ1) is 77.8. The van der Waals surface area contributed by atoms with E-state index in [9.17, 15) is 0 Å². The highest BCUT2D eigenvalue weighted by molar-refractivity contribution is 9.11. The van der Waals surface area contributed by atoms with Crippen molar-refractivity contribution in [2.75, 3.05) is 0 Å². The molecule has 0 radical (unpaired) electrons. The van der Waals surface area contributed by atoms with Crippen molar-refractivity contribution in [1.82, 2.24) is 0 Å². The highest BCUT2D eigenvalue weighted by atomic mass is 79.9. The van der Waals surface area contributed by atoms with Crippen molar-refractivity contribution in [3.63, 3.8) is 0 Å². The molecule has 0 bridgehead atoms. The number of thiophene rings is 5. The third-order valence-electron chi connectivity index (χ3n) is 22.2. The Hall–Kier alpha value is -10.8. The van der Waals surface area contributed by atoms with Crippen LogP contribution >= 0.6 is 136 Å². The molecule has 0 N–H and O–H groups in total. The minimum atomic E-state index is 1.11. The lowest BCUT2D eigenvalue weighted by Gasteiger charge is -2.09. The monoisotopic (exact) mass is 1940 g/mol. The largest absolute Gasteiger partial charge is 0.135 e. The smallest absolute Gasteiger partial charge is 0.0434 e. The van der Waals surface area contributed by atoms with Gasteiger partial charge in [-0.25, -0.2) is 0 Å². The van der Waals surface area contributed by atoms with Crippen molar-refractivity contribution < 1.29 is 0 Å². The maximum atomic E-state index is 3.68. The van der Waals surface area contributed by atoms with Crippen molar-refractivity contribution in [3.8, 4) is 77.9 Å². The SMILES string of the molecule is Brc1ccc(-c2ccc(-c3cccc4c3sc3ccccc34)cc2)cc1.Brc1ccc(-c2cccc3c2sc2ccccc23)c2ccccc12.Brc1ccc(-c2cccc3c2sc2ccccc23)cc1.Brc1ccc2cc(-c3cccc4c3sc3ccccc34)ccc2c1.Brc1cccc(-c2ccc(-c3cccc4c3sc3ccccc34)cc2)c1. The molecule has 19 aromatic carbocycles. The Morgan fingerprint density at radius 2 is 0.417 bits per heavy atom. The summed E-state index contributed by atoms with van der Waals surface area (Å²) in [5.74, 6) is 0. The summed E-state index contributed by atoms with van der Waals surface area (Å²) in [6, 6.07) is 146. The van der Waals surface area contributed by atoms with E-state index in [4.69, 9.17) is 0 Å². The van der Waals surface area contributed by atoms with Crippen LogP contribution in [-0.2, 0) is 0 Å². The molecule has 0 saturated heterocycles.